The minimum absolute atomic E-state index is 0.182. The van der Waals surface area contributed by atoms with Gasteiger partial charge in [-0.2, -0.15) is 0 Å². The third-order valence-corrected chi connectivity index (χ3v) is 5.30. The Bertz CT molecular complexity index is 819. The Morgan fingerprint density at radius 1 is 1.18 bits per heavy atom. The predicted octanol–water partition coefficient (Wildman–Crippen LogP) is 3.29. The van der Waals surface area contributed by atoms with Gasteiger partial charge in [-0.25, -0.2) is 4.39 Å². The van der Waals surface area contributed by atoms with Crippen LogP contribution < -0.4 is 10.1 Å². The summed E-state index contributed by atoms with van der Waals surface area (Å²) in [6.07, 6.45) is 0. The Morgan fingerprint density at radius 3 is 2.57 bits per heavy atom. The number of hydrogen-bond acceptors (Lipinski definition) is 4. The molecule has 0 spiro atoms. The average molecular weight is 385 g/mol. The summed E-state index contributed by atoms with van der Waals surface area (Å²) < 4.78 is 19.2. The molecule has 0 bridgehead atoms. The first kappa shape index (κ1) is 20.3. The van der Waals surface area contributed by atoms with Gasteiger partial charge in [-0.05, 0) is 32.0 Å². The zero-order valence-corrected chi connectivity index (χ0v) is 16.7. The maximum Gasteiger partial charge on any atom is 0.241 e. The van der Waals surface area contributed by atoms with Gasteiger partial charge >= 0.3 is 0 Å². The van der Waals surface area contributed by atoms with Crippen molar-refractivity contribution in [3.05, 3.63) is 59.4 Å². The van der Waals surface area contributed by atoms with Crippen molar-refractivity contribution in [2.24, 2.45) is 0 Å². The third-order valence-electron chi connectivity index (χ3n) is 5.30. The molecule has 0 radical (unpaired) electrons. The monoisotopic (exact) mass is 385 g/mol. The van der Waals surface area contributed by atoms with Gasteiger partial charge in [0.2, 0.25) is 5.91 Å². The van der Waals surface area contributed by atoms with Gasteiger partial charge in [0, 0.05) is 38.3 Å². The SMILES string of the molecule is COc1ccc(C)cc1CN1CCN([C@@H](C)C(=O)Nc2ccccc2F)CC1. The van der Waals surface area contributed by atoms with Gasteiger partial charge in [0.05, 0.1) is 18.8 Å². The van der Waals surface area contributed by atoms with E-state index in [1.165, 1.54) is 17.2 Å². The van der Waals surface area contributed by atoms with E-state index >= 15 is 0 Å². The third kappa shape index (κ3) is 4.88. The number of ether oxygens (including phenoxy) is 1. The number of benzene rings is 2. The van der Waals surface area contributed by atoms with Crippen LogP contribution in [0, 0.1) is 12.7 Å². The van der Waals surface area contributed by atoms with Crippen LogP contribution in [0.3, 0.4) is 0 Å². The van der Waals surface area contributed by atoms with Crippen molar-refractivity contribution in [1.82, 2.24) is 9.80 Å². The first-order valence-corrected chi connectivity index (χ1v) is 9.63. The van der Waals surface area contributed by atoms with E-state index in [0.717, 1.165) is 38.5 Å². The lowest BCUT2D eigenvalue weighted by Crippen LogP contribution is -2.52. The summed E-state index contributed by atoms with van der Waals surface area (Å²) in [6, 6.07) is 12.2. The summed E-state index contributed by atoms with van der Waals surface area (Å²) in [5, 5.41) is 2.69. The smallest absolute Gasteiger partial charge is 0.241 e. The van der Waals surface area contributed by atoms with Gasteiger partial charge in [0.25, 0.3) is 0 Å². The van der Waals surface area contributed by atoms with E-state index < -0.39 is 5.82 Å². The van der Waals surface area contributed by atoms with Crippen LogP contribution in [-0.4, -0.2) is 55.0 Å². The Balaban J connectivity index is 1.54. The highest BCUT2D eigenvalue weighted by atomic mass is 19.1. The topological polar surface area (TPSA) is 44.8 Å². The lowest BCUT2D eigenvalue weighted by molar-refractivity contribution is -0.121. The molecule has 5 nitrogen and oxygen atoms in total. The number of nitrogens with one attached hydrogen (secondary N) is 1. The molecule has 1 atom stereocenters. The van der Waals surface area contributed by atoms with Crippen LogP contribution in [-0.2, 0) is 11.3 Å². The fraction of sp³-hybridized carbons (Fsp3) is 0.409. The van der Waals surface area contributed by atoms with Crippen LogP contribution in [0.15, 0.2) is 42.5 Å². The van der Waals surface area contributed by atoms with E-state index in [1.807, 2.05) is 13.0 Å². The van der Waals surface area contributed by atoms with E-state index in [9.17, 15) is 9.18 Å². The van der Waals surface area contributed by atoms with Crippen molar-refractivity contribution in [1.29, 1.82) is 0 Å². The molecule has 1 aliphatic rings. The predicted molar refractivity (Wildman–Crippen MR) is 109 cm³/mol. The van der Waals surface area contributed by atoms with Crippen molar-refractivity contribution >= 4 is 11.6 Å². The second-order valence-corrected chi connectivity index (χ2v) is 7.27. The molecule has 0 aliphatic carbocycles. The van der Waals surface area contributed by atoms with Crippen LogP contribution in [0.2, 0.25) is 0 Å². The van der Waals surface area contributed by atoms with Crippen molar-refractivity contribution < 1.29 is 13.9 Å². The number of amides is 1. The maximum absolute atomic E-state index is 13.8. The highest BCUT2D eigenvalue weighted by Crippen LogP contribution is 2.22. The first-order valence-electron chi connectivity index (χ1n) is 9.63. The number of para-hydroxylation sites is 1. The van der Waals surface area contributed by atoms with Gasteiger partial charge in [-0.15, -0.1) is 0 Å². The van der Waals surface area contributed by atoms with Crippen LogP contribution in [0.4, 0.5) is 10.1 Å². The number of carbonyl (C=O) groups is 1. The number of hydrogen-bond donors (Lipinski definition) is 1. The fourth-order valence-electron chi connectivity index (χ4n) is 3.55. The van der Waals surface area contributed by atoms with E-state index in [4.69, 9.17) is 4.74 Å². The van der Waals surface area contributed by atoms with Crippen LogP contribution >= 0.6 is 0 Å². The molecule has 0 aromatic heterocycles. The zero-order chi connectivity index (χ0) is 20.1. The van der Waals surface area contributed by atoms with E-state index in [2.05, 4.69) is 34.2 Å². The normalized spacial score (nSPS) is 16.6. The quantitative estimate of drug-likeness (QED) is 0.829. The summed E-state index contributed by atoms with van der Waals surface area (Å²) in [5.41, 5.74) is 2.62. The summed E-state index contributed by atoms with van der Waals surface area (Å²) in [5.74, 6) is 0.310. The summed E-state index contributed by atoms with van der Waals surface area (Å²) >= 11 is 0. The van der Waals surface area contributed by atoms with E-state index in [1.54, 1.807) is 25.3 Å². The molecule has 28 heavy (non-hydrogen) atoms. The molecule has 1 N–H and O–H groups in total. The lowest BCUT2D eigenvalue weighted by Gasteiger charge is -2.37. The molecule has 2 aromatic rings. The number of nitrogens with zero attached hydrogens (tertiary/aromatic N) is 2. The molecular formula is C22H28FN3O2. The van der Waals surface area contributed by atoms with Gasteiger partial charge < -0.3 is 10.1 Å². The Labute approximate surface area is 166 Å². The lowest BCUT2D eigenvalue weighted by atomic mass is 10.1. The second kappa shape index (κ2) is 9.17. The zero-order valence-electron chi connectivity index (χ0n) is 16.7. The number of carbonyl (C=O) groups excluding carboxylic acids is 1. The van der Waals surface area contributed by atoms with Crippen LogP contribution in [0.1, 0.15) is 18.1 Å². The van der Waals surface area contributed by atoms with Gasteiger partial charge in [0.1, 0.15) is 11.6 Å². The minimum atomic E-state index is -0.417. The molecular weight excluding hydrogens is 357 g/mol. The Hall–Kier alpha value is -2.44. The van der Waals surface area contributed by atoms with Crippen LogP contribution in [0.5, 0.6) is 5.75 Å². The van der Waals surface area contributed by atoms with Gasteiger partial charge in [-0.3, -0.25) is 14.6 Å². The molecule has 6 heteroatoms. The molecule has 0 saturated carbocycles. The molecule has 1 saturated heterocycles. The molecule has 1 amide bonds. The average Bonchev–Trinajstić information content (AvgIpc) is 2.70. The standard InChI is InChI=1S/C22H28FN3O2/c1-16-8-9-21(28-3)18(14-16)15-25-10-12-26(13-11-25)17(2)22(27)24-20-7-5-4-6-19(20)23/h4-9,14,17H,10-13,15H2,1-3H3,(H,24,27)/t17-/m0/s1. The van der Waals surface area contributed by atoms with Crippen molar-refractivity contribution in [2.75, 3.05) is 38.6 Å². The number of methoxy groups -OCH3 is 1. The minimum Gasteiger partial charge on any atom is -0.496 e. The van der Waals surface area contributed by atoms with E-state index in [0.29, 0.717) is 0 Å². The first-order chi connectivity index (χ1) is 13.5. The van der Waals surface area contributed by atoms with Crippen molar-refractivity contribution in [3.63, 3.8) is 0 Å². The molecule has 0 unspecified atom stereocenters. The molecule has 1 heterocycles. The number of halogens is 1. The number of aryl methyl sites for hydroxylation is 1. The number of rotatable bonds is 6. The fourth-order valence-corrected chi connectivity index (χ4v) is 3.55. The molecule has 1 aliphatic heterocycles. The summed E-state index contributed by atoms with van der Waals surface area (Å²) in [6.45, 7) is 8.10. The Kier molecular flexibility index (Phi) is 6.65. The van der Waals surface area contributed by atoms with Crippen molar-refractivity contribution in [2.45, 2.75) is 26.4 Å². The number of anilines is 1. The van der Waals surface area contributed by atoms with Crippen LogP contribution in [0.25, 0.3) is 0 Å². The number of piperazine rings is 1. The van der Waals surface area contributed by atoms with Gasteiger partial charge in [-0.1, -0.05) is 29.8 Å². The Morgan fingerprint density at radius 2 is 1.89 bits per heavy atom. The molecule has 3 rings (SSSR count). The van der Waals surface area contributed by atoms with Gasteiger partial charge in [0.15, 0.2) is 0 Å². The van der Waals surface area contributed by atoms with E-state index in [-0.39, 0.29) is 17.6 Å². The largest absolute Gasteiger partial charge is 0.496 e. The molecule has 2 aromatic carbocycles. The highest BCUT2D eigenvalue weighted by molar-refractivity contribution is 5.94. The summed E-state index contributed by atoms with van der Waals surface area (Å²) in [7, 11) is 1.70. The summed E-state index contributed by atoms with van der Waals surface area (Å²) in [4.78, 5) is 17.0. The van der Waals surface area contributed by atoms with Crippen molar-refractivity contribution in [3.8, 4) is 5.75 Å². The molecule has 1 fully saturated rings. The maximum atomic E-state index is 13.8. The molecule has 150 valence electrons. The second-order valence-electron chi connectivity index (χ2n) is 7.27. The highest BCUT2D eigenvalue weighted by Gasteiger charge is 2.26.